The summed E-state index contributed by atoms with van der Waals surface area (Å²) in [5, 5.41) is 7.52. The van der Waals surface area contributed by atoms with Gasteiger partial charge < -0.3 is 31.2 Å². The molecule has 0 spiro atoms. The van der Waals surface area contributed by atoms with Gasteiger partial charge in [-0.3, -0.25) is 19.2 Å². The molecule has 5 N–H and O–H groups in total. The van der Waals surface area contributed by atoms with Crippen LogP contribution in [0, 0.1) is 11.7 Å². The summed E-state index contributed by atoms with van der Waals surface area (Å²) in [6.45, 7) is -0.187. The van der Waals surface area contributed by atoms with Crippen molar-refractivity contribution >= 4 is 23.6 Å². The zero-order valence-corrected chi connectivity index (χ0v) is 20.4. The van der Waals surface area contributed by atoms with Crippen LogP contribution in [0.15, 0.2) is 48.5 Å². The fourth-order valence-electron chi connectivity index (χ4n) is 3.90. The fourth-order valence-corrected chi connectivity index (χ4v) is 3.90. The molecule has 0 unspecified atom stereocenters. The molecule has 1 saturated heterocycles. The summed E-state index contributed by atoms with van der Waals surface area (Å²) in [6.07, 6.45) is -4.60. The van der Waals surface area contributed by atoms with Gasteiger partial charge in [0, 0.05) is 18.9 Å². The molecule has 0 saturated carbocycles. The minimum Gasteiger partial charge on any atom is -0.484 e. The van der Waals surface area contributed by atoms with Crippen molar-refractivity contribution in [1.29, 1.82) is 0 Å². The van der Waals surface area contributed by atoms with Crippen LogP contribution in [0.2, 0.25) is 0 Å². The van der Waals surface area contributed by atoms with Crippen molar-refractivity contribution in [1.82, 2.24) is 16.0 Å². The Bertz CT molecular complexity index is 1190. The molecule has 1 aliphatic rings. The Morgan fingerprint density at radius 2 is 1.74 bits per heavy atom. The number of halogens is 4. The zero-order chi connectivity index (χ0) is 28.6. The topological polar surface area (TPSA) is 149 Å². The average molecular weight is 554 g/mol. The van der Waals surface area contributed by atoms with Gasteiger partial charge in [0.15, 0.2) is 6.61 Å². The van der Waals surface area contributed by atoms with Gasteiger partial charge in [0.1, 0.15) is 29.4 Å². The number of carbonyl (C=O) groups excluding carboxylic acids is 4. The number of nitrogens with one attached hydrogen (secondary N) is 3. The van der Waals surface area contributed by atoms with Crippen LogP contribution in [-0.4, -0.2) is 55.2 Å². The first kappa shape index (κ1) is 29.2. The van der Waals surface area contributed by atoms with E-state index in [2.05, 4.69) is 20.7 Å². The summed E-state index contributed by atoms with van der Waals surface area (Å²) in [4.78, 5) is 49.6. The summed E-state index contributed by atoms with van der Waals surface area (Å²) < 4.78 is 59.6. The number of primary amides is 1. The molecule has 3 rings (SSSR count). The molecule has 0 radical (unpaired) electrons. The maximum Gasteiger partial charge on any atom is 0.573 e. The SMILES string of the molecule is NC(=O)[C@H](C[C@@H]1CCNC1=O)NC(=O)[C@H](Cc1cccc(F)c1)NC(=O)COc1ccc(OC(F)(F)F)cc1. The summed E-state index contributed by atoms with van der Waals surface area (Å²) in [6, 6.07) is 7.13. The van der Waals surface area contributed by atoms with Crippen LogP contribution in [-0.2, 0) is 25.6 Å². The molecule has 10 nitrogen and oxygen atoms in total. The lowest BCUT2D eigenvalue weighted by atomic mass is 9.97. The Kier molecular flexibility index (Phi) is 9.68. The van der Waals surface area contributed by atoms with Gasteiger partial charge >= 0.3 is 6.36 Å². The first-order chi connectivity index (χ1) is 18.4. The van der Waals surface area contributed by atoms with Gasteiger partial charge in [0.05, 0.1) is 0 Å². The van der Waals surface area contributed by atoms with Crippen LogP contribution < -0.4 is 31.2 Å². The molecule has 2 aromatic rings. The first-order valence-electron chi connectivity index (χ1n) is 11.8. The van der Waals surface area contributed by atoms with E-state index in [0.29, 0.717) is 18.5 Å². The average Bonchev–Trinajstić information content (AvgIpc) is 3.26. The highest BCUT2D eigenvalue weighted by atomic mass is 19.4. The first-order valence-corrected chi connectivity index (χ1v) is 11.8. The number of nitrogens with two attached hydrogens (primary N) is 1. The predicted molar refractivity (Wildman–Crippen MR) is 128 cm³/mol. The molecule has 0 aliphatic carbocycles. The summed E-state index contributed by atoms with van der Waals surface area (Å²) in [5.74, 6) is -4.26. The van der Waals surface area contributed by atoms with E-state index in [1.54, 1.807) is 0 Å². The van der Waals surface area contributed by atoms with Gasteiger partial charge in [-0.05, 0) is 54.8 Å². The van der Waals surface area contributed by atoms with E-state index in [1.807, 2.05) is 0 Å². The van der Waals surface area contributed by atoms with Gasteiger partial charge in [-0.15, -0.1) is 13.2 Å². The largest absolute Gasteiger partial charge is 0.573 e. The van der Waals surface area contributed by atoms with E-state index in [1.165, 1.54) is 24.3 Å². The van der Waals surface area contributed by atoms with Crippen LogP contribution in [0.3, 0.4) is 0 Å². The number of carbonyl (C=O) groups is 4. The summed E-state index contributed by atoms with van der Waals surface area (Å²) in [5.41, 5.74) is 5.79. The second kappa shape index (κ2) is 12.9. The normalized spacial score (nSPS) is 16.5. The van der Waals surface area contributed by atoms with Crippen molar-refractivity contribution in [3.8, 4) is 11.5 Å². The number of hydrogen-bond acceptors (Lipinski definition) is 6. The van der Waals surface area contributed by atoms with E-state index in [9.17, 15) is 36.7 Å². The zero-order valence-electron chi connectivity index (χ0n) is 20.4. The molecular weight excluding hydrogens is 528 g/mol. The van der Waals surface area contributed by atoms with Crippen LogP contribution in [0.5, 0.6) is 11.5 Å². The lowest BCUT2D eigenvalue weighted by molar-refractivity contribution is -0.274. The number of amides is 4. The molecule has 14 heteroatoms. The van der Waals surface area contributed by atoms with E-state index >= 15 is 0 Å². The second-order valence-corrected chi connectivity index (χ2v) is 8.74. The molecule has 4 amide bonds. The molecule has 0 bridgehead atoms. The lowest BCUT2D eigenvalue weighted by Gasteiger charge is -2.23. The Morgan fingerprint density at radius 3 is 2.33 bits per heavy atom. The number of benzene rings is 2. The Morgan fingerprint density at radius 1 is 1.05 bits per heavy atom. The third-order valence-electron chi connectivity index (χ3n) is 5.75. The van der Waals surface area contributed by atoms with Crippen LogP contribution in [0.25, 0.3) is 0 Å². The van der Waals surface area contributed by atoms with Gasteiger partial charge in [-0.1, -0.05) is 12.1 Å². The third-order valence-corrected chi connectivity index (χ3v) is 5.75. The highest BCUT2D eigenvalue weighted by molar-refractivity contribution is 5.92. The number of hydrogen-bond donors (Lipinski definition) is 4. The third kappa shape index (κ3) is 9.47. The Balaban J connectivity index is 1.65. The van der Waals surface area contributed by atoms with Crippen molar-refractivity contribution in [3.05, 3.63) is 59.9 Å². The van der Waals surface area contributed by atoms with Crippen molar-refractivity contribution in [3.63, 3.8) is 0 Å². The molecule has 1 aliphatic heterocycles. The summed E-state index contributed by atoms with van der Waals surface area (Å²) >= 11 is 0. The second-order valence-electron chi connectivity index (χ2n) is 8.74. The fraction of sp³-hybridized carbons (Fsp3) is 0.360. The van der Waals surface area contributed by atoms with Crippen LogP contribution >= 0.6 is 0 Å². The standard InChI is InChI=1S/C25H26F4N4O6/c26-16-3-1-2-14(10-16)11-20(24(37)33-19(22(30)35)12-15-8-9-31-23(15)36)32-21(34)13-38-17-4-6-18(7-5-17)39-25(27,28)29/h1-7,10,15,19-20H,8-9,11-13H2,(H2,30,35)(H,31,36)(H,32,34)(H,33,37)/t15-,19-,20-/m0/s1. The highest BCUT2D eigenvalue weighted by Gasteiger charge is 2.33. The van der Waals surface area contributed by atoms with E-state index in [4.69, 9.17) is 10.5 Å². The van der Waals surface area contributed by atoms with Crippen LogP contribution in [0.1, 0.15) is 18.4 Å². The lowest BCUT2D eigenvalue weighted by Crippen LogP contribution is -2.54. The molecule has 1 fully saturated rings. The number of alkyl halides is 3. The predicted octanol–water partition coefficient (Wildman–Crippen LogP) is 1.33. The van der Waals surface area contributed by atoms with Crippen molar-refractivity contribution in [2.45, 2.75) is 37.7 Å². The quantitative estimate of drug-likeness (QED) is 0.291. The molecule has 39 heavy (non-hydrogen) atoms. The number of ether oxygens (including phenoxy) is 2. The van der Waals surface area contributed by atoms with Crippen LogP contribution in [0.4, 0.5) is 17.6 Å². The van der Waals surface area contributed by atoms with E-state index in [-0.39, 0.29) is 24.5 Å². The van der Waals surface area contributed by atoms with E-state index < -0.39 is 60.3 Å². The molecule has 210 valence electrons. The Hall–Kier alpha value is -4.36. The summed E-state index contributed by atoms with van der Waals surface area (Å²) in [7, 11) is 0. The monoisotopic (exact) mass is 554 g/mol. The van der Waals surface area contributed by atoms with Gasteiger partial charge in [0.25, 0.3) is 5.91 Å². The maximum absolute atomic E-state index is 13.7. The highest BCUT2D eigenvalue weighted by Crippen LogP contribution is 2.24. The molecular formula is C25H26F4N4O6. The maximum atomic E-state index is 13.7. The smallest absolute Gasteiger partial charge is 0.484 e. The van der Waals surface area contributed by atoms with Crippen molar-refractivity contribution in [2.75, 3.05) is 13.2 Å². The van der Waals surface area contributed by atoms with E-state index in [0.717, 1.165) is 24.3 Å². The molecule has 0 aromatic heterocycles. The number of rotatable bonds is 12. The minimum atomic E-state index is -4.86. The van der Waals surface area contributed by atoms with Crippen molar-refractivity contribution < 1.29 is 46.2 Å². The molecule has 3 atom stereocenters. The van der Waals surface area contributed by atoms with Crippen molar-refractivity contribution in [2.24, 2.45) is 11.7 Å². The minimum absolute atomic E-state index is 0.0370. The van der Waals surface area contributed by atoms with Gasteiger partial charge in [-0.25, -0.2) is 4.39 Å². The molecule has 1 heterocycles. The van der Waals surface area contributed by atoms with Gasteiger partial charge in [0.2, 0.25) is 17.7 Å². The molecule has 2 aromatic carbocycles. The van der Waals surface area contributed by atoms with Gasteiger partial charge in [-0.2, -0.15) is 0 Å². The Labute approximate surface area is 220 Å².